The molecule has 0 radical (unpaired) electrons. The minimum Gasteiger partial charge on any atom is -0.481 e. The molecule has 4 rings (SSSR count). The summed E-state index contributed by atoms with van der Waals surface area (Å²) in [5.41, 5.74) is 0.480. The third kappa shape index (κ3) is 3.36. The number of aliphatic carboxylic acids is 1. The lowest BCUT2D eigenvalue weighted by Gasteiger charge is -2.64. The van der Waals surface area contributed by atoms with Crippen molar-refractivity contribution < 1.29 is 20.1 Å². The van der Waals surface area contributed by atoms with Crippen molar-refractivity contribution in [2.45, 2.75) is 104 Å². The van der Waals surface area contributed by atoms with E-state index >= 15 is 0 Å². The number of carbonyl (C=O) groups is 1. The summed E-state index contributed by atoms with van der Waals surface area (Å²) < 4.78 is 0. The smallest absolute Gasteiger partial charge is 0.303 e. The van der Waals surface area contributed by atoms with E-state index in [9.17, 15) is 15.0 Å². The first kappa shape index (κ1) is 22.6. The molecule has 0 aliphatic heterocycles. The Bertz CT molecular complexity index is 649. The van der Waals surface area contributed by atoms with Gasteiger partial charge in [0.1, 0.15) is 0 Å². The van der Waals surface area contributed by atoms with Gasteiger partial charge in [-0.3, -0.25) is 4.79 Å². The zero-order valence-corrected chi connectivity index (χ0v) is 19.5. The van der Waals surface area contributed by atoms with Gasteiger partial charge in [0.25, 0.3) is 0 Å². The van der Waals surface area contributed by atoms with E-state index in [2.05, 4.69) is 27.7 Å². The molecule has 172 valence electrons. The molecule has 30 heavy (non-hydrogen) atoms. The van der Waals surface area contributed by atoms with Crippen LogP contribution in [0, 0.1) is 52.3 Å². The third-order valence-electron chi connectivity index (χ3n) is 11.0. The molecule has 0 aromatic heterocycles. The Morgan fingerprint density at radius 3 is 2.33 bits per heavy atom. The molecule has 4 aliphatic rings. The second-order valence-electron chi connectivity index (χ2n) is 12.0. The number of hydrogen-bond acceptors (Lipinski definition) is 3. The van der Waals surface area contributed by atoms with E-state index < -0.39 is 5.97 Å². The van der Waals surface area contributed by atoms with Crippen molar-refractivity contribution in [2.24, 2.45) is 52.3 Å². The molecule has 0 amide bonds. The molecule has 4 fully saturated rings. The largest absolute Gasteiger partial charge is 0.481 e. The first-order valence-corrected chi connectivity index (χ1v) is 12.7. The van der Waals surface area contributed by atoms with E-state index in [1.165, 1.54) is 25.7 Å². The van der Waals surface area contributed by atoms with Crippen molar-refractivity contribution in [1.82, 2.24) is 0 Å². The highest BCUT2D eigenvalue weighted by molar-refractivity contribution is 5.66. The molecule has 5 unspecified atom stereocenters. The van der Waals surface area contributed by atoms with Crippen molar-refractivity contribution in [1.29, 1.82) is 0 Å². The van der Waals surface area contributed by atoms with E-state index in [-0.39, 0.29) is 29.5 Å². The van der Waals surface area contributed by atoms with Crippen molar-refractivity contribution in [3.63, 3.8) is 0 Å². The average Bonchev–Trinajstić information content (AvgIpc) is 3.05. The van der Waals surface area contributed by atoms with Gasteiger partial charge in [-0.05, 0) is 104 Å². The predicted molar refractivity (Wildman–Crippen MR) is 118 cm³/mol. The van der Waals surface area contributed by atoms with Crippen LogP contribution in [0.3, 0.4) is 0 Å². The zero-order valence-electron chi connectivity index (χ0n) is 19.5. The fraction of sp³-hybridized carbons (Fsp3) is 0.962. The van der Waals surface area contributed by atoms with Gasteiger partial charge < -0.3 is 15.3 Å². The van der Waals surface area contributed by atoms with Crippen LogP contribution >= 0.6 is 0 Å². The maximum Gasteiger partial charge on any atom is 0.303 e. The Balaban J connectivity index is 1.61. The van der Waals surface area contributed by atoms with Gasteiger partial charge in [0.2, 0.25) is 0 Å². The topological polar surface area (TPSA) is 77.8 Å². The highest BCUT2D eigenvalue weighted by atomic mass is 16.4. The number of hydrogen-bond donors (Lipinski definition) is 3. The van der Waals surface area contributed by atoms with E-state index in [1.807, 2.05) is 0 Å². The van der Waals surface area contributed by atoms with Crippen molar-refractivity contribution >= 4 is 5.97 Å². The highest BCUT2D eigenvalue weighted by Crippen LogP contribution is 2.69. The summed E-state index contributed by atoms with van der Waals surface area (Å²) in [6.45, 7) is 9.44. The molecule has 0 aromatic rings. The highest BCUT2D eigenvalue weighted by Gasteiger charge is 2.64. The van der Waals surface area contributed by atoms with Gasteiger partial charge in [0.05, 0.1) is 12.2 Å². The molecule has 4 saturated carbocycles. The maximum atomic E-state index is 11.7. The number of carboxylic acids is 1. The summed E-state index contributed by atoms with van der Waals surface area (Å²) in [5.74, 6) is 2.58. The Kier molecular flexibility index (Phi) is 6.07. The number of carboxylic acid groups (broad SMARTS) is 1. The lowest BCUT2D eigenvalue weighted by atomic mass is 9.41. The summed E-state index contributed by atoms with van der Waals surface area (Å²) in [7, 11) is 0. The van der Waals surface area contributed by atoms with Crippen LogP contribution in [0.1, 0.15) is 91.9 Å². The fourth-order valence-electron chi connectivity index (χ4n) is 9.48. The maximum absolute atomic E-state index is 11.7. The van der Waals surface area contributed by atoms with E-state index in [0.29, 0.717) is 41.4 Å². The lowest BCUT2D eigenvalue weighted by Crippen LogP contribution is -2.62. The molecule has 0 heterocycles. The summed E-state index contributed by atoms with van der Waals surface area (Å²) in [4.78, 5) is 11.1. The van der Waals surface area contributed by atoms with Crippen LogP contribution in [0.5, 0.6) is 0 Å². The molecular formula is C26H44O4. The molecule has 11 atom stereocenters. The molecular weight excluding hydrogens is 376 g/mol. The Morgan fingerprint density at radius 2 is 1.67 bits per heavy atom. The molecule has 0 aromatic carbocycles. The van der Waals surface area contributed by atoms with Crippen LogP contribution in [0.4, 0.5) is 0 Å². The Hall–Kier alpha value is -0.610. The summed E-state index contributed by atoms with van der Waals surface area (Å²) in [5, 5.41) is 31.3. The van der Waals surface area contributed by atoms with Gasteiger partial charge >= 0.3 is 5.97 Å². The number of rotatable bonds is 5. The van der Waals surface area contributed by atoms with Gasteiger partial charge in [-0.1, -0.05) is 34.1 Å². The first-order valence-electron chi connectivity index (χ1n) is 12.7. The van der Waals surface area contributed by atoms with Crippen LogP contribution < -0.4 is 0 Å². The minimum atomic E-state index is -0.683. The zero-order chi connectivity index (χ0) is 21.8. The van der Waals surface area contributed by atoms with E-state index in [1.54, 1.807) is 0 Å². The predicted octanol–water partition coefficient (Wildman–Crippen LogP) is 5.11. The second-order valence-corrected chi connectivity index (χ2v) is 12.0. The van der Waals surface area contributed by atoms with Gasteiger partial charge in [-0.15, -0.1) is 0 Å². The number of fused-ring (bicyclic) bond motifs is 5. The van der Waals surface area contributed by atoms with Gasteiger partial charge in [-0.2, -0.15) is 0 Å². The van der Waals surface area contributed by atoms with Gasteiger partial charge in [0.15, 0.2) is 0 Å². The molecule has 4 nitrogen and oxygen atoms in total. The average molecular weight is 421 g/mol. The Labute approximate surface area is 182 Å². The van der Waals surface area contributed by atoms with E-state index in [0.717, 1.165) is 32.1 Å². The SMILES string of the molecule is CC[C@H]1C2C[C@H](O)CCC2(C)[C@H]2CCC3(C)C([C@H](C)CCC(=O)O)CC[C@H]3C2[C@@H]1O. The normalized spacial score (nSPS) is 51.5. The minimum absolute atomic E-state index is 0.194. The van der Waals surface area contributed by atoms with Crippen molar-refractivity contribution in [3.05, 3.63) is 0 Å². The van der Waals surface area contributed by atoms with Crippen molar-refractivity contribution in [2.75, 3.05) is 0 Å². The van der Waals surface area contributed by atoms with Gasteiger partial charge in [-0.25, -0.2) is 0 Å². The molecule has 4 heteroatoms. The molecule has 0 saturated heterocycles. The fourth-order valence-corrected chi connectivity index (χ4v) is 9.48. The van der Waals surface area contributed by atoms with E-state index in [4.69, 9.17) is 5.11 Å². The Morgan fingerprint density at radius 1 is 1.00 bits per heavy atom. The third-order valence-corrected chi connectivity index (χ3v) is 11.0. The van der Waals surface area contributed by atoms with Crippen LogP contribution in [0.25, 0.3) is 0 Å². The first-order chi connectivity index (χ1) is 14.1. The van der Waals surface area contributed by atoms with Crippen LogP contribution in [-0.2, 0) is 4.79 Å². The quantitative estimate of drug-likeness (QED) is 0.577. The molecule has 3 N–H and O–H groups in total. The van der Waals surface area contributed by atoms with Gasteiger partial charge in [0, 0.05) is 6.42 Å². The number of aliphatic hydroxyl groups excluding tert-OH is 2. The van der Waals surface area contributed by atoms with Crippen LogP contribution in [-0.4, -0.2) is 33.5 Å². The standard InChI is InChI=1S/C26H44O4/c1-5-17-21-14-16(27)10-12-26(21,4)20-11-13-25(3)18(15(2)6-9-22(28)29)7-8-19(25)23(20)24(17)30/h15-21,23-24,27,30H,5-14H2,1-4H3,(H,28,29)/t15-,16-,17+,18?,19+,20+,21?,23?,24-,25?,26?/m1/s1. The van der Waals surface area contributed by atoms with Crippen LogP contribution in [0.15, 0.2) is 0 Å². The van der Waals surface area contributed by atoms with Crippen LogP contribution in [0.2, 0.25) is 0 Å². The molecule has 4 aliphatic carbocycles. The summed E-state index contributed by atoms with van der Waals surface area (Å²) >= 11 is 0. The molecule has 0 bridgehead atoms. The lowest BCUT2D eigenvalue weighted by molar-refractivity contribution is -0.203. The summed E-state index contributed by atoms with van der Waals surface area (Å²) in [6.07, 6.45) is 9.27. The van der Waals surface area contributed by atoms with Crippen molar-refractivity contribution in [3.8, 4) is 0 Å². The number of aliphatic hydroxyl groups is 2. The monoisotopic (exact) mass is 420 g/mol. The molecule has 0 spiro atoms. The second kappa shape index (κ2) is 8.06. The summed E-state index contributed by atoms with van der Waals surface area (Å²) in [6, 6.07) is 0.